The van der Waals surface area contributed by atoms with E-state index in [1.54, 1.807) is 0 Å². The molecule has 1 heteroatoms. The summed E-state index contributed by atoms with van der Waals surface area (Å²) in [7, 11) is 0. The summed E-state index contributed by atoms with van der Waals surface area (Å²) in [6, 6.07) is 0.866. The molecule has 0 saturated carbocycles. The summed E-state index contributed by atoms with van der Waals surface area (Å²) in [6.45, 7) is 11.6. The number of hydrogen-bond acceptors (Lipinski definition) is 0. The lowest BCUT2D eigenvalue weighted by molar-refractivity contribution is -0.930. The van der Waals surface area contributed by atoms with Gasteiger partial charge in [0.25, 0.3) is 0 Å². The highest BCUT2D eigenvalue weighted by Gasteiger charge is 2.50. The number of piperidine rings is 1. The Balaban J connectivity index is 2.17. The van der Waals surface area contributed by atoms with Crippen molar-refractivity contribution in [2.24, 2.45) is 11.8 Å². The van der Waals surface area contributed by atoms with Gasteiger partial charge in [-0.15, -0.1) is 0 Å². The van der Waals surface area contributed by atoms with Crippen molar-refractivity contribution in [1.29, 1.82) is 0 Å². The molecular formula is C10H20N+. The first-order valence-corrected chi connectivity index (χ1v) is 5.00. The Morgan fingerprint density at radius 1 is 1.27 bits per heavy atom. The minimum absolute atomic E-state index is 0.866. The Morgan fingerprint density at radius 2 is 2.00 bits per heavy atom. The summed E-state index contributed by atoms with van der Waals surface area (Å²) in [6.07, 6.45) is 1.50. The van der Waals surface area contributed by atoms with Gasteiger partial charge in [0, 0.05) is 18.3 Å². The second-order valence-corrected chi connectivity index (χ2v) is 4.93. The van der Waals surface area contributed by atoms with Gasteiger partial charge in [0.15, 0.2) is 0 Å². The summed E-state index contributed by atoms with van der Waals surface area (Å²) in [5, 5.41) is 0. The lowest BCUT2D eigenvalue weighted by atomic mass is 9.94. The van der Waals surface area contributed by atoms with Crippen LogP contribution in [0.25, 0.3) is 0 Å². The van der Waals surface area contributed by atoms with Gasteiger partial charge in [0.1, 0.15) is 0 Å². The van der Waals surface area contributed by atoms with E-state index in [1.807, 2.05) is 0 Å². The van der Waals surface area contributed by atoms with Crippen molar-refractivity contribution in [1.82, 2.24) is 0 Å². The van der Waals surface area contributed by atoms with E-state index in [9.17, 15) is 0 Å². The molecule has 1 nitrogen and oxygen atoms in total. The molecule has 2 bridgehead atoms. The molecule has 64 valence electrons. The van der Waals surface area contributed by atoms with E-state index >= 15 is 0 Å². The van der Waals surface area contributed by atoms with Crippen molar-refractivity contribution < 1.29 is 4.48 Å². The monoisotopic (exact) mass is 154 g/mol. The highest BCUT2D eigenvalue weighted by Crippen LogP contribution is 2.40. The Kier molecular flexibility index (Phi) is 1.54. The second-order valence-electron chi connectivity index (χ2n) is 4.93. The smallest absolute Gasteiger partial charge is 0.0833 e. The molecule has 0 aromatic carbocycles. The molecule has 2 aliphatic rings. The molecule has 0 spiro atoms. The van der Waals surface area contributed by atoms with E-state index in [-0.39, 0.29) is 0 Å². The van der Waals surface area contributed by atoms with Crippen LogP contribution in [0.1, 0.15) is 27.2 Å². The molecule has 2 aliphatic heterocycles. The molecule has 2 heterocycles. The summed E-state index contributed by atoms with van der Waals surface area (Å²) in [5.41, 5.74) is 0. The van der Waals surface area contributed by atoms with Crippen molar-refractivity contribution >= 4 is 0 Å². The Bertz CT molecular complexity index is 160. The van der Waals surface area contributed by atoms with Crippen molar-refractivity contribution in [3.63, 3.8) is 0 Å². The first-order chi connectivity index (χ1) is 5.14. The first kappa shape index (κ1) is 7.60. The van der Waals surface area contributed by atoms with Crippen LogP contribution in [0.15, 0.2) is 0 Å². The molecule has 2 fully saturated rings. The second kappa shape index (κ2) is 2.22. The van der Waals surface area contributed by atoms with Crippen LogP contribution in [0, 0.1) is 11.8 Å². The summed E-state index contributed by atoms with van der Waals surface area (Å²) in [5.74, 6) is 2.07. The fourth-order valence-electron chi connectivity index (χ4n) is 3.11. The fourth-order valence-corrected chi connectivity index (χ4v) is 3.11. The largest absolute Gasteiger partial charge is 0.321 e. The maximum absolute atomic E-state index is 2.44. The quantitative estimate of drug-likeness (QED) is 0.506. The van der Waals surface area contributed by atoms with E-state index in [0.717, 1.165) is 17.9 Å². The van der Waals surface area contributed by atoms with Crippen LogP contribution in [-0.4, -0.2) is 30.2 Å². The molecule has 11 heavy (non-hydrogen) atoms. The maximum atomic E-state index is 2.44. The first-order valence-electron chi connectivity index (χ1n) is 5.00. The van der Waals surface area contributed by atoms with Crippen LogP contribution in [0.5, 0.6) is 0 Å². The molecule has 3 atom stereocenters. The average Bonchev–Trinajstić information content (AvgIpc) is 2.44. The van der Waals surface area contributed by atoms with Crippen molar-refractivity contribution in [2.45, 2.75) is 33.2 Å². The molecule has 2 rings (SSSR count). The van der Waals surface area contributed by atoms with Gasteiger partial charge in [0.05, 0.1) is 25.7 Å². The number of fused-ring (bicyclic) bond motifs is 2. The van der Waals surface area contributed by atoms with E-state index in [0.29, 0.717) is 0 Å². The van der Waals surface area contributed by atoms with Gasteiger partial charge in [0.2, 0.25) is 0 Å². The predicted octanol–water partition coefficient (Wildman–Crippen LogP) is 1.88. The van der Waals surface area contributed by atoms with Gasteiger partial charge in [-0.05, 0) is 13.8 Å². The van der Waals surface area contributed by atoms with E-state index < -0.39 is 0 Å². The zero-order chi connectivity index (χ0) is 8.06. The van der Waals surface area contributed by atoms with Crippen LogP contribution in [0.2, 0.25) is 0 Å². The third-order valence-electron chi connectivity index (χ3n) is 4.10. The number of hydrogen-bond donors (Lipinski definition) is 0. The lowest BCUT2D eigenvalue weighted by Gasteiger charge is -2.37. The Hall–Kier alpha value is -0.0400. The number of nitrogens with zero attached hydrogens (tertiary/aromatic N) is 1. The van der Waals surface area contributed by atoms with Crippen molar-refractivity contribution in [2.75, 3.05) is 19.6 Å². The Morgan fingerprint density at radius 3 is 2.27 bits per heavy atom. The van der Waals surface area contributed by atoms with Crippen LogP contribution in [0.4, 0.5) is 0 Å². The fraction of sp³-hybridized carbons (Fsp3) is 1.00. The van der Waals surface area contributed by atoms with Gasteiger partial charge in [-0.25, -0.2) is 0 Å². The molecule has 0 amide bonds. The predicted molar refractivity (Wildman–Crippen MR) is 47.3 cm³/mol. The molecule has 0 N–H and O–H groups in total. The third-order valence-corrected chi connectivity index (χ3v) is 4.10. The Labute approximate surface area is 70.0 Å². The van der Waals surface area contributed by atoms with E-state index in [4.69, 9.17) is 0 Å². The highest BCUT2D eigenvalue weighted by atomic mass is 15.4. The van der Waals surface area contributed by atoms with Crippen molar-refractivity contribution in [3.05, 3.63) is 0 Å². The summed E-state index contributed by atoms with van der Waals surface area (Å²) in [4.78, 5) is 0. The van der Waals surface area contributed by atoms with Gasteiger partial charge >= 0.3 is 0 Å². The molecule has 0 aliphatic carbocycles. The molecule has 0 radical (unpaired) electrons. The SMILES string of the molecule is CC1C[N+]2(C(C)C)CCC1C2. The zero-order valence-electron chi connectivity index (χ0n) is 8.01. The van der Waals surface area contributed by atoms with Crippen LogP contribution in [-0.2, 0) is 0 Å². The molecule has 2 saturated heterocycles. The normalized spacial score (nSPS) is 49.1. The summed E-state index contributed by atoms with van der Waals surface area (Å²) < 4.78 is 1.44. The van der Waals surface area contributed by atoms with Crippen LogP contribution < -0.4 is 0 Å². The van der Waals surface area contributed by atoms with Gasteiger partial charge < -0.3 is 4.48 Å². The average molecular weight is 154 g/mol. The molecule has 0 aromatic heterocycles. The minimum atomic E-state index is 0.866. The van der Waals surface area contributed by atoms with Crippen LogP contribution >= 0.6 is 0 Å². The lowest BCUT2D eigenvalue weighted by Crippen LogP contribution is -2.50. The van der Waals surface area contributed by atoms with Gasteiger partial charge in [-0.2, -0.15) is 0 Å². The molecular weight excluding hydrogens is 134 g/mol. The molecule has 0 aromatic rings. The number of rotatable bonds is 1. The van der Waals surface area contributed by atoms with Gasteiger partial charge in [-0.1, -0.05) is 6.92 Å². The third kappa shape index (κ3) is 0.936. The topological polar surface area (TPSA) is 0 Å². The maximum Gasteiger partial charge on any atom is 0.0833 e. The zero-order valence-corrected chi connectivity index (χ0v) is 8.01. The highest BCUT2D eigenvalue weighted by molar-refractivity contribution is 4.80. The standard InChI is InChI=1S/C10H20N/c1-8(2)11-5-4-10(7-11)9(3)6-11/h8-10H,4-7H2,1-3H3/q+1. The van der Waals surface area contributed by atoms with E-state index in [1.165, 1.54) is 30.5 Å². The van der Waals surface area contributed by atoms with E-state index in [2.05, 4.69) is 20.8 Å². The summed E-state index contributed by atoms with van der Waals surface area (Å²) >= 11 is 0. The van der Waals surface area contributed by atoms with Crippen LogP contribution in [0.3, 0.4) is 0 Å². The van der Waals surface area contributed by atoms with Gasteiger partial charge in [-0.3, -0.25) is 0 Å². The minimum Gasteiger partial charge on any atom is -0.321 e. The molecule has 3 unspecified atom stereocenters. The van der Waals surface area contributed by atoms with Crippen molar-refractivity contribution in [3.8, 4) is 0 Å². The number of quaternary nitrogens is 1.